The highest BCUT2D eigenvalue weighted by Gasteiger charge is 1.97. The fourth-order valence-corrected chi connectivity index (χ4v) is 1.18. The molecule has 1 rings (SSSR count). The number of benzene rings is 1. The van der Waals surface area contributed by atoms with Crippen LogP contribution in [0.1, 0.15) is 11.1 Å². The third-order valence-corrected chi connectivity index (χ3v) is 1.78. The van der Waals surface area contributed by atoms with Crippen LogP contribution >= 0.6 is 0 Å². The number of hydrogen-bond acceptors (Lipinski definition) is 2. The van der Waals surface area contributed by atoms with E-state index in [1.54, 1.807) is 0 Å². The van der Waals surface area contributed by atoms with Crippen molar-refractivity contribution in [2.24, 2.45) is 5.73 Å². The molecule has 0 aliphatic carbocycles. The molecule has 1 amide bonds. The Morgan fingerprint density at radius 1 is 1.31 bits per heavy atom. The fourth-order valence-electron chi connectivity index (χ4n) is 1.18. The van der Waals surface area contributed by atoms with Crippen LogP contribution in [0, 0.1) is 0 Å². The van der Waals surface area contributed by atoms with Gasteiger partial charge in [0.15, 0.2) is 0 Å². The number of primary amides is 1. The minimum atomic E-state index is -0.290. The topological polar surface area (TPSA) is 55.1 Å². The predicted molar refractivity (Wildman–Crippen MR) is 52.1 cm³/mol. The second kappa shape index (κ2) is 4.62. The van der Waals surface area contributed by atoms with E-state index in [0.717, 1.165) is 12.1 Å². The molecule has 0 bridgehead atoms. The number of carbonyl (C=O) groups excluding carboxylic acids is 1. The summed E-state index contributed by atoms with van der Waals surface area (Å²) in [7, 11) is 1.90. The third kappa shape index (κ3) is 3.25. The van der Waals surface area contributed by atoms with Gasteiger partial charge in [0.05, 0.1) is 6.42 Å². The molecular weight excluding hydrogens is 164 g/mol. The molecule has 70 valence electrons. The Morgan fingerprint density at radius 3 is 2.31 bits per heavy atom. The van der Waals surface area contributed by atoms with E-state index in [9.17, 15) is 4.79 Å². The van der Waals surface area contributed by atoms with E-state index in [-0.39, 0.29) is 5.91 Å². The van der Waals surface area contributed by atoms with Gasteiger partial charge in [0.1, 0.15) is 0 Å². The van der Waals surface area contributed by atoms with Crippen LogP contribution in [0.25, 0.3) is 0 Å². The number of hydrogen-bond donors (Lipinski definition) is 2. The lowest BCUT2D eigenvalue weighted by Crippen LogP contribution is -2.13. The van der Waals surface area contributed by atoms with Gasteiger partial charge in [0.25, 0.3) is 0 Å². The van der Waals surface area contributed by atoms with Crippen LogP contribution < -0.4 is 11.1 Å². The Kier molecular flexibility index (Phi) is 3.46. The summed E-state index contributed by atoms with van der Waals surface area (Å²) in [5.41, 5.74) is 7.24. The molecule has 0 saturated carbocycles. The van der Waals surface area contributed by atoms with Crippen molar-refractivity contribution in [3.8, 4) is 0 Å². The van der Waals surface area contributed by atoms with Gasteiger partial charge >= 0.3 is 0 Å². The summed E-state index contributed by atoms with van der Waals surface area (Å²) >= 11 is 0. The molecule has 0 atom stereocenters. The van der Waals surface area contributed by atoms with E-state index in [1.165, 1.54) is 5.56 Å². The Morgan fingerprint density at radius 2 is 1.85 bits per heavy atom. The normalized spacial score (nSPS) is 9.92. The summed E-state index contributed by atoms with van der Waals surface area (Å²) in [6.07, 6.45) is 0.319. The van der Waals surface area contributed by atoms with Crippen molar-refractivity contribution in [1.29, 1.82) is 0 Å². The molecule has 0 spiro atoms. The second-order valence-corrected chi connectivity index (χ2v) is 2.99. The Hall–Kier alpha value is -1.35. The minimum Gasteiger partial charge on any atom is -0.369 e. The van der Waals surface area contributed by atoms with Crippen LogP contribution in [0.5, 0.6) is 0 Å². The van der Waals surface area contributed by atoms with E-state index >= 15 is 0 Å². The van der Waals surface area contributed by atoms with Crippen molar-refractivity contribution >= 4 is 5.91 Å². The maximum absolute atomic E-state index is 10.6. The summed E-state index contributed by atoms with van der Waals surface area (Å²) in [6.45, 7) is 0.844. The zero-order valence-electron chi connectivity index (χ0n) is 7.71. The molecule has 1 aromatic rings. The van der Waals surface area contributed by atoms with Crippen LogP contribution in [0.3, 0.4) is 0 Å². The van der Waals surface area contributed by atoms with Gasteiger partial charge in [-0.05, 0) is 18.2 Å². The average molecular weight is 178 g/mol. The van der Waals surface area contributed by atoms with Crippen molar-refractivity contribution in [1.82, 2.24) is 5.32 Å². The second-order valence-electron chi connectivity index (χ2n) is 2.99. The molecular formula is C10H14N2O. The predicted octanol–water partition coefficient (Wildman–Crippen LogP) is 0.434. The van der Waals surface area contributed by atoms with Crippen LogP contribution in [0.2, 0.25) is 0 Å². The van der Waals surface area contributed by atoms with Gasteiger partial charge in [-0.3, -0.25) is 4.79 Å². The number of nitrogens with two attached hydrogens (primary N) is 1. The standard InChI is InChI=1S/C10H14N2O/c1-12-7-9-4-2-8(3-5-9)6-10(11)13/h2-5,12H,6-7H2,1H3,(H2,11,13). The molecule has 3 heteroatoms. The van der Waals surface area contributed by atoms with Gasteiger partial charge in [-0.1, -0.05) is 24.3 Å². The molecule has 0 fully saturated rings. The first-order valence-electron chi connectivity index (χ1n) is 4.23. The minimum absolute atomic E-state index is 0.290. The van der Waals surface area contributed by atoms with Gasteiger partial charge in [-0.25, -0.2) is 0 Å². The lowest BCUT2D eigenvalue weighted by Gasteiger charge is -2.01. The maximum Gasteiger partial charge on any atom is 0.221 e. The van der Waals surface area contributed by atoms with Crippen molar-refractivity contribution in [2.45, 2.75) is 13.0 Å². The Balaban J connectivity index is 2.64. The lowest BCUT2D eigenvalue weighted by atomic mass is 10.1. The van der Waals surface area contributed by atoms with Crippen molar-refractivity contribution in [3.63, 3.8) is 0 Å². The lowest BCUT2D eigenvalue weighted by molar-refractivity contribution is -0.117. The summed E-state index contributed by atoms with van der Waals surface area (Å²) < 4.78 is 0. The molecule has 0 aliphatic heterocycles. The van der Waals surface area contributed by atoms with Crippen molar-refractivity contribution < 1.29 is 4.79 Å². The van der Waals surface area contributed by atoms with Crippen LogP contribution in [-0.2, 0) is 17.8 Å². The van der Waals surface area contributed by atoms with E-state index in [2.05, 4.69) is 5.32 Å². The molecule has 3 nitrogen and oxygen atoms in total. The van der Waals surface area contributed by atoms with Crippen LogP contribution in [-0.4, -0.2) is 13.0 Å². The zero-order chi connectivity index (χ0) is 9.68. The molecule has 0 radical (unpaired) electrons. The molecule has 0 saturated heterocycles. The summed E-state index contributed by atoms with van der Waals surface area (Å²) in [4.78, 5) is 10.6. The molecule has 13 heavy (non-hydrogen) atoms. The molecule has 3 N–H and O–H groups in total. The number of rotatable bonds is 4. The summed E-state index contributed by atoms with van der Waals surface area (Å²) in [5, 5.41) is 3.05. The number of nitrogens with one attached hydrogen (secondary N) is 1. The van der Waals surface area contributed by atoms with Gasteiger partial charge in [0, 0.05) is 6.54 Å². The molecule has 0 heterocycles. The number of carbonyl (C=O) groups is 1. The zero-order valence-corrected chi connectivity index (χ0v) is 7.71. The van der Waals surface area contributed by atoms with Crippen molar-refractivity contribution in [3.05, 3.63) is 35.4 Å². The van der Waals surface area contributed by atoms with E-state index < -0.39 is 0 Å². The first kappa shape index (κ1) is 9.74. The van der Waals surface area contributed by atoms with Crippen LogP contribution in [0.4, 0.5) is 0 Å². The maximum atomic E-state index is 10.6. The van der Waals surface area contributed by atoms with Gasteiger partial charge in [-0.2, -0.15) is 0 Å². The largest absolute Gasteiger partial charge is 0.369 e. The van der Waals surface area contributed by atoms with E-state index in [0.29, 0.717) is 6.42 Å². The molecule has 1 aromatic carbocycles. The highest BCUT2D eigenvalue weighted by Crippen LogP contribution is 2.04. The molecule has 0 aliphatic rings. The van der Waals surface area contributed by atoms with Crippen molar-refractivity contribution in [2.75, 3.05) is 7.05 Å². The van der Waals surface area contributed by atoms with Gasteiger partial charge in [0.2, 0.25) is 5.91 Å². The molecule has 0 unspecified atom stereocenters. The third-order valence-electron chi connectivity index (χ3n) is 1.78. The Labute approximate surface area is 77.9 Å². The quantitative estimate of drug-likeness (QED) is 0.702. The fraction of sp³-hybridized carbons (Fsp3) is 0.300. The smallest absolute Gasteiger partial charge is 0.221 e. The Bertz CT molecular complexity index is 279. The van der Waals surface area contributed by atoms with E-state index in [1.807, 2.05) is 31.3 Å². The molecule has 0 aromatic heterocycles. The van der Waals surface area contributed by atoms with Gasteiger partial charge < -0.3 is 11.1 Å². The average Bonchev–Trinajstić information content (AvgIpc) is 2.08. The SMILES string of the molecule is CNCc1ccc(CC(N)=O)cc1. The summed E-state index contributed by atoms with van der Waals surface area (Å²) in [6, 6.07) is 7.85. The van der Waals surface area contributed by atoms with Crippen LogP contribution in [0.15, 0.2) is 24.3 Å². The first-order valence-corrected chi connectivity index (χ1v) is 4.23. The summed E-state index contributed by atoms with van der Waals surface area (Å²) in [5.74, 6) is -0.290. The van der Waals surface area contributed by atoms with Gasteiger partial charge in [-0.15, -0.1) is 0 Å². The van der Waals surface area contributed by atoms with E-state index in [4.69, 9.17) is 5.73 Å². The number of amides is 1. The highest BCUT2D eigenvalue weighted by molar-refractivity contribution is 5.76. The highest BCUT2D eigenvalue weighted by atomic mass is 16.1. The first-order chi connectivity index (χ1) is 6.22. The monoisotopic (exact) mass is 178 g/mol.